The second-order valence-electron chi connectivity index (χ2n) is 7.23. The number of nitrogens with two attached hydrogens (primary N) is 1. The number of ether oxygens (including phenoxy) is 2. The van der Waals surface area contributed by atoms with E-state index in [-0.39, 0.29) is 29.3 Å². The van der Waals surface area contributed by atoms with Gasteiger partial charge in [0.05, 0.1) is 25.5 Å². The molecule has 0 aliphatic carbocycles. The molecule has 0 aliphatic heterocycles. The van der Waals surface area contributed by atoms with Gasteiger partial charge in [-0.25, -0.2) is 4.98 Å². The van der Waals surface area contributed by atoms with Gasteiger partial charge in [0.1, 0.15) is 40.0 Å². The maximum Gasteiger partial charge on any atom is 0.225 e. The molecule has 3 N–H and O–H groups in total. The molecule has 2 aromatic carbocycles. The third kappa shape index (κ3) is 5.40. The van der Waals surface area contributed by atoms with E-state index >= 15 is 0 Å². The summed E-state index contributed by atoms with van der Waals surface area (Å²) in [7, 11) is 3.06. The number of aromatic nitrogens is 1. The number of methoxy groups -OCH3 is 2. The Hall–Kier alpha value is -4.21. The lowest BCUT2D eigenvalue weighted by Gasteiger charge is -2.13. The standard InChI is InChI=1S/C25H23N5O3S/c1-15-4-6-16(7-5-15)23-18(13-26)24(28)30-25(19(23)14-27)34-11-10-22(31)29-20-9-8-17(32-2)12-21(20)33-3/h4-9,12H,10-11H2,1-3H3,(H2,28,30)(H,29,31). The molecule has 3 rings (SSSR count). The van der Waals surface area contributed by atoms with Crippen molar-refractivity contribution in [3.05, 3.63) is 59.2 Å². The highest BCUT2D eigenvalue weighted by atomic mass is 32.2. The molecule has 0 unspecified atom stereocenters. The summed E-state index contributed by atoms with van der Waals surface area (Å²) in [6, 6.07) is 16.8. The lowest BCUT2D eigenvalue weighted by molar-refractivity contribution is -0.115. The van der Waals surface area contributed by atoms with Crippen molar-refractivity contribution in [1.82, 2.24) is 4.98 Å². The van der Waals surface area contributed by atoms with Gasteiger partial charge in [-0.05, 0) is 24.6 Å². The fourth-order valence-corrected chi connectivity index (χ4v) is 4.20. The van der Waals surface area contributed by atoms with E-state index < -0.39 is 0 Å². The molecule has 1 aromatic heterocycles. The SMILES string of the molecule is COc1ccc(NC(=O)CCSc2nc(N)c(C#N)c(-c3ccc(C)cc3)c2C#N)c(OC)c1. The highest BCUT2D eigenvalue weighted by molar-refractivity contribution is 7.99. The molecule has 1 heterocycles. The van der Waals surface area contributed by atoms with E-state index in [1.54, 1.807) is 25.3 Å². The van der Waals surface area contributed by atoms with Crippen LogP contribution in [0.4, 0.5) is 11.5 Å². The monoisotopic (exact) mass is 473 g/mol. The first kappa shape index (κ1) is 24.4. The van der Waals surface area contributed by atoms with Gasteiger partial charge in [-0.2, -0.15) is 10.5 Å². The number of nitriles is 2. The average molecular weight is 474 g/mol. The number of rotatable bonds is 8. The van der Waals surface area contributed by atoms with Crippen molar-refractivity contribution >= 4 is 29.2 Å². The van der Waals surface area contributed by atoms with Gasteiger partial charge in [-0.15, -0.1) is 11.8 Å². The van der Waals surface area contributed by atoms with Crippen LogP contribution in [0.3, 0.4) is 0 Å². The van der Waals surface area contributed by atoms with Crippen LogP contribution in [-0.4, -0.2) is 30.9 Å². The molecule has 0 saturated heterocycles. The number of aryl methyl sites for hydroxylation is 1. The number of thioether (sulfide) groups is 1. The lowest BCUT2D eigenvalue weighted by Crippen LogP contribution is -2.13. The molecule has 9 heteroatoms. The second-order valence-corrected chi connectivity index (χ2v) is 8.31. The number of nitrogens with zero attached hydrogens (tertiary/aromatic N) is 3. The number of anilines is 2. The van der Waals surface area contributed by atoms with Gasteiger partial charge >= 0.3 is 0 Å². The number of nitrogens with one attached hydrogen (secondary N) is 1. The minimum atomic E-state index is -0.227. The van der Waals surface area contributed by atoms with Gasteiger partial charge in [0.25, 0.3) is 0 Å². The molecule has 172 valence electrons. The molecule has 8 nitrogen and oxygen atoms in total. The van der Waals surface area contributed by atoms with Gasteiger partial charge in [0.2, 0.25) is 5.91 Å². The number of hydrogen-bond acceptors (Lipinski definition) is 8. The summed E-state index contributed by atoms with van der Waals surface area (Å²) in [6.45, 7) is 1.95. The Kier molecular flexibility index (Phi) is 7.96. The number of carbonyl (C=O) groups is 1. The zero-order valence-corrected chi connectivity index (χ0v) is 19.8. The fourth-order valence-electron chi connectivity index (χ4n) is 3.27. The molecular weight excluding hydrogens is 450 g/mol. The Balaban J connectivity index is 1.79. The van der Waals surface area contributed by atoms with Crippen LogP contribution < -0.4 is 20.5 Å². The van der Waals surface area contributed by atoms with Crippen LogP contribution in [0.15, 0.2) is 47.5 Å². The predicted octanol–water partition coefficient (Wildman–Crippen LogP) is 4.52. The maximum atomic E-state index is 12.5. The molecule has 0 atom stereocenters. The highest BCUT2D eigenvalue weighted by Gasteiger charge is 2.20. The van der Waals surface area contributed by atoms with Crippen molar-refractivity contribution in [1.29, 1.82) is 10.5 Å². The summed E-state index contributed by atoms with van der Waals surface area (Å²) in [4.78, 5) is 16.8. The summed E-state index contributed by atoms with van der Waals surface area (Å²) in [5.41, 5.74) is 9.21. The molecule has 1 amide bonds. The van der Waals surface area contributed by atoms with E-state index in [1.165, 1.54) is 18.9 Å². The van der Waals surface area contributed by atoms with Crippen LogP contribution in [0, 0.1) is 29.6 Å². The van der Waals surface area contributed by atoms with Gasteiger partial charge in [0.15, 0.2) is 0 Å². The maximum absolute atomic E-state index is 12.5. The van der Waals surface area contributed by atoms with Crippen molar-refractivity contribution in [2.45, 2.75) is 18.4 Å². The van der Waals surface area contributed by atoms with Gasteiger partial charge in [-0.3, -0.25) is 4.79 Å². The van der Waals surface area contributed by atoms with Crippen LogP contribution in [0.2, 0.25) is 0 Å². The third-order valence-corrected chi connectivity index (χ3v) is 5.98. The second kappa shape index (κ2) is 11.1. The number of amides is 1. The van der Waals surface area contributed by atoms with E-state index in [4.69, 9.17) is 15.2 Å². The number of benzene rings is 2. The van der Waals surface area contributed by atoms with Crippen LogP contribution in [0.25, 0.3) is 11.1 Å². The van der Waals surface area contributed by atoms with Gasteiger partial charge < -0.3 is 20.5 Å². The van der Waals surface area contributed by atoms with E-state index in [1.807, 2.05) is 31.2 Å². The first-order valence-electron chi connectivity index (χ1n) is 10.3. The van der Waals surface area contributed by atoms with Gasteiger partial charge in [0, 0.05) is 23.8 Å². The Morgan fingerprint density at radius 2 is 1.79 bits per heavy atom. The Labute approximate surface area is 202 Å². The average Bonchev–Trinajstić information content (AvgIpc) is 2.84. The molecule has 3 aromatic rings. The fraction of sp³-hybridized carbons (Fsp3) is 0.200. The van der Waals surface area contributed by atoms with Crippen molar-refractivity contribution in [3.8, 4) is 34.8 Å². The number of pyridine rings is 1. The van der Waals surface area contributed by atoms with E-state index in [0.717, 1.165) is 5.56 Å². The van der Waals surface area contributed by atoms with Crippen LogP contribution >= 0.6 is 11.8 Å². The minimum Gasteiger partial charge on any atom is -0.497 e. The summed E-state index contributed by atoms with van der Waals surface area (Å²) >= 11 is 1.24. The van der Waals surface area contributed by atoms with Crippen molar-refractivity contribution in [3.63, 3.8) is 0 Å². The summed E-state index contributed by atoms with van der Waals surface area (Å²) < 4.78 is 10.5. The first-order valence-corrected chi connectivity index (χ1v) is 11.3. The molecular formula is C25H23N5O3S. The quantitative estimate of drug-likeness (QED) is 0.456. The van der Waals surface area contributed by atoms with E-state index in [0.29, 0.717) is 39.1 Å². The topological polar surface area (TPSA) is 134 Å². The number of nitrogen functional groups attached to an aromatic ring is 1. The van der Waals surface area contributed by atoms with Crippen molar-refractivity contribution in [2.24, 2.45) is 0 Å². The van der Waals surface area contributed by atoms with E-state index in [2.05, 4.69) is 22.4 Å². The van der Waals surface area contributed by atoms with Gasteiger partial charge in [-0.1, -0.05) is 29.8 Å². The molecule has 34 heavy (non-hydrogen) atoms. The smallest absolute Gasteiger partial charge is 0.225 e. The molecule has 0 saturated carbocycles. The molecule has 0 spiro atoms. The number of carbonyl (C=O) groups excluding carboxylic acids is 1. The van der Waals surface area contributed by atoms with Crippen molar-refractivity contribution in [2.75, 3.05) is 31.0 Å². The highest BCUT2D eigenvalue weighted by Crippen LogP contribution is 2.36. The molecule has 0 bridgehead atoms. The van der Waals surface area contributed by atoms with Crippen LogP contribution in [-0.2, 0) is 4.79 Å². The summed E-state index contributed by atoms with van der Waals surface area (Å²) in [5.74, 6) is 1.27. The zero-order valence-electron chi connectivity index (χ0n) is 19.0. The third-order valence-electron chi connectivity index (χ3n) is 5.01. The Bertz CT molecular complexity index is 1290. The normalized spacial score (nSPS) is 10.1. The van der Waals surface area contributed by atoms with E-state index in [9.17, 15) is 15.3 Å². The van der Waals surface area contributed by atoms with Crippen molar-refractivity contribution < 1.29 is 14.3 Å². The molecule has 0 aliphatic rings. The summed E-state index contributed by atoms with van der Waals surface area (Å²) in [6.07, 6.45) is 0.159. The minimum absolute atomic E-state index is 0.0481. The zero-order chi connectivity index (χ0) is 24.7. The molecule has 0 fully saturated rings. The number of hydrogen-bond donors (Lipinski definition) is 2. The first-order chi connectivity index (χ1) is 16.4. The van der Waals surface area contributed by atoms with Crippen LogP contribution in [0.5, 0.6) is 11.5 Å². The van der Waals surface area contributed by atoms with Crippen LogP contribution in [0.1, 0.15) is 23.1 Å². The predicted molar refractivity (Wildman–Crippen MR) is 132 cm³/mol. The largest absolute Gasteiger partial charge is 0.497 e. The summed E-state index contributed by atoms with van der Waals surface area (Å²) in [5, 5.41) is 22.7. The molecule has 0 radical (unpaired) electrons. The Morgan fingerprint density at radius 3 is 2.41 bits per heavy atom. The Morgan fingerprint density at radius 1 is 1.09 bits per heavy atom. The lowest BCUT2D eigenvalue weighted by atomic mass is 9.96.